The Labute approximate surface area is 133 Å². The Kier molecular flexibility index (Phi) is 5.19. The minimum absolute atomic E-state index is 0.400. The van der Waals surface area contributed by atoms with Crippen molar-refractivity contribution in [3.63, 3.8) is 0 Å². The third-order valence-corrected chi connectivity index (χ3v) is 4.21. The Morgan fingerprint density at radius 1 is 1.20 bits per heavy atom. The van der Waals surface area contributed by atoms with Crippen LogP contribution in [0.15, 0.2) is 24.4 Å². The van der Waals surface area contributed by atoms with Gasteiger partial charge in [-0.25, -0.2) is 0 Å². The summed E-state index contributed by atoms with van der Waals surface area (Å²) in [6, 6.07) is 5.74. The molecule has 2 aromatic rings. The zero-order valence-corrected chi connectivity index (χ0v) is 13.6. The van der Waals surface area contributed by atoms with Gasteiger partial charge in [-0.2, -0.15) is 5.10 Å². The summed E-state index contributed by atoms with van der Waals surface area (Å²) in [6.07, 6.45) is 3.04. The van der Waals surface area contributed by atoms with Crippen LogP contribution in [-0.4, -0.2) is 9.78 Å². The fourth-order valence-electron chi connectivity index (χ4n) is 1.75. The smallest absolute Gasteiger partial charge is 0.0815 e. The topological polar surface area (TPSA) is 29.9 Å². The van der Waals surface area contributed by atoms with Crippen molar-refractivity contribution in [2.45, 2.75) is 32.9 Å². The number of halogens is 3. The third kappa shape index (κ3) is 3.60. The lowest BCUT2D eigenvalue weighted by Gasteiger charge is -2.10. The Hall–Kier alpha value is -0.900. The van der Waals surface area contributed by atoms with Crippen molar-refractivity contribution >= 4 is 40.5 Å². The maximum Gasteiger partial charge on any atom is 0.0815 e. The van der Waals surface area contributed by atoms with Crippen molar-refractivity contribution in [1.82, 2.24) is 9.78 Å². The van der Waals surface area contributed by atoms with Gasteiger partial charge in [0, 0.05) is 12.2 Å². The summed E-state index contributed by atoms with van der Waals surface area (Å²) in [7, 11) is 0. The molecule has 0 saturated carbocycles. The van der Waals surface area contributed by atoms with Crippen LogP contribution >= 0.6 is 34.8 Å². The number of aromatic nitrogens is 2. The van der Waals surface area contributed by atoms with Crippen molar-refractivity contribution in [1.29, 1.82) is 0 Å². The van der Waals surface area contributed by atoms with E-state index in [-0.39, 0.29) is 0 Å². The molecule has 0 spiro atoms. The summed E-state index contributed by atoms with van der Waals surface area (Å²) >= 11 is 18.0. The van der Waals surface area contributed by atoms with Gasteiger partial charge in [-0.05, 0) is 31.5 Å². The number of benzene rings is 1. The lowest BCUT2D eigenvalue weighted by Crippen LogP contribution is -2.06. The Balaban J connectivity index is 2.05. The molecule has 0 amide bonds. The zero-order chi connectivity index (χ0) is 14.7. The van der Waals surface area contributed by atoms with Crippen LogP contribution in [0.4, 0.5) is 5.69 Å². The Morgan fingerprint density at radius 2 is 1.90 bits per heavy atom. The van der Waals surface area contributed by atoms with Gasteiger partial charge in [-0.15, -0.1) is 0 Å². The standard InChI is InChI=1S/C14H16Cl3N3/c1-3-9(2)20-5-4-10(19-20)8-18-14-7-12(16)11(15)6-13(14)17/h4-7,9,18H,3,8H2,1-2H3. The molecular formula is C14H16Cl3N3. The molecule has 1 atom stereocenters. The summed E-state index contributed by atoms with van der Waals surface area (Å²) in [6.45, 7) is 4.86. The van der Waals surface area contributed by atoms with E-state index in [4.69, 9.17) is 34.8 Å². The summed E-state index contributed by atoms with van der Waals surface area (Å²) < 4.78 is 1.97. The van der Waals surface area contributed by atoms with Gasteiger partial charge in [0.25, 0.3) is 0 Å². The summed E-state index contributed by atoms with van der Waals surface area (Å²) in [4.78, 5) is 0. The van der Waals surface area contributed by atoms with Gasteiger partial charge in [-0.3, -0.25) is 4.68 Å². The van der Waals surface area contributed by atoms with E-state index in [1.165, 1.54) is 0 Å². The van der Waals surface area contributed by atoms with E-state index >= 15 is 0 Å². The largest absolute Gasteiger partial charge is 0.378 e. The molecule has 6 heteroatoms. The van der Waals surface area contributed by atoms with Gasteiger partial charge < -0.3 is 5.32 Å². The predicted molar refractivity (Wildman–Crippen MR) is 86.0 cm³/mol. The van der Waals surface area contributed by atoms with Gasteiger partial charge in [0.1, 0.15) is 0 Å². The van der Waals surface area contributed by atoms with Crippen LogP contribution in [0.1, 0.15) is 32.0 Å². The van der Waals surface area contributed by atoms with Gasteiger partial charge in [0.2, 0.25) is 0 Å². The zero-order valence-electron chi connectivity index (χ0n) is 11.3. The molecule has 0 aliphatic carbocycles. The third-order valence-electron chi connectivity index (χ3n) is 3.18. The van der Waals surface area contributed by atoms with Gasteiger partial charge >= 0.3 is 0 Å². The second-order valence-corrected chi connectivity index (χ2v) is 5.87. The Bertz CT molecular complexity index is 595. The number of hydrogen-bond donors (Lipinski definition) is 1. The summed E-state index contributed by atoms with van der Waals surface area (Å²) in [5, 5.41) is 9.20. The predicted octanol–water partition coefficient (Wildman–Crippen LogP) is 5.43. The van der Waals surface area contributed by atoms with E-state index < -0.39 is 0 Å². The highest BCUT2D eigenvalue weighted by atomic mass is 35.5. The van der Waals surface area contributed by atoms with Crippen molar-refractivity contribution in [2.75, 3.05) is 5.32 Å². The van der Waals surface area contributed by atoms with Gasteiger partial charge in [0.15, 0.2) is 0 Å². The molecule has 0 fully saturated rings. The van der Waals surface area contributed by atoms with Crippen LogP contribution in [-0.2, 0) is 6.54 Å². The average Bonchev–Trinajstić information content (AvgIpc) is 2.89. The molecule has 0 radical (unpaired) electrons. The molecular weight excluding hydrogens is 317 g/mol. The first-order valence-electron chi connectivity index (χ1n) is 6.43. The van der Waals surface area contributed by atoms with Crippen LogP contribution in [0.5, 0.6) is 0 Å². The molecule has 0 aliphatic rings. The van der Waals surface area contributed by atoms with Crippen molar-refractivity contribution in [2.24, 2.45) is 0 Å². The highest BCUT2D eigenvalue weighted by Gasteiger charge is 2.08. The van der Waals surface area contributed by atoms with Gasteiger partial charge in [0.05, 0.1) is 33.0 Å². The van der Waals surface area contributed by atoms with Crippen LogP contribution in [0.3, 0.4) is 0 Å². The molecule has 0 aliphatic heterocycles. The average molecular weight is 333 g/mol. The normalized spacial score (nSPS) is 12.4. The molecule has 1 N–H and O–H groups in total. The van der Waals surface area contributed by atoms with E-state index in [9.17, 15) is 0 Å². The highest BCUT2D eigenvalue weighted by molar-refractivity contribution is 6.44. The van der Waals surface area contributed by atoms with Crippen LogP contribution < -0.4 is 5.32 Å². The minimum atomic E-state index is 0.400. The summed E-state index contributed by atoms with van der Waals surface area (Å²) in [5.74, 6) is 0. The lowest BCUT2D eigenvalue weighted by atomic mass is 10.3. The number of nitrogens with zero attached hydrogens (tertiary/aromatic N) is 2. The molecule has 1 aromatic carbocycles. The molecule has 1 heterocycles. The second kappa shape index (κ2) is 6.70. The molecule has 0 saturated heterocycles. The number of anilines is 1. The quantitative estimate of drug-likeness (QED) is 0.740. The van der Waals surface area contributed by atoms with Crippen molar-refractivity contribution in [3.8, 4) is 0 Å². The maximum absolute atomic E-state index is 6.11. The first-order chi connectivity index (χ1) is 9.51. The number of nitrogens with one attached hydrogen (secondary N) is 1. The fraction of sp³-hybridized carbons (Fsp3) is 0.357. The molecule has 1 unspecified atom stereocenters. The number of hydrogen-bond acceptors (Lipinski definition) is 2. The first kappa shape index (κ1) is 15.5. The SMILES string of the molecule is CCC(C)n1ccc(CNc2cc(Cl)c(Cl)cc2Cl)n1. The number of rotatable bonds is 5. The van der Waals surface area contributed by atoms with Crippen LogP contribution in [0, 0.1) is 0 Å². The lowest BCUT2D eigenvalue weighted by molar-refractivity contribution is 0.474. The molecule has 20 heavy (non-hydrogen) atoms. The van der Waals surface area contributed by atoms with Crippen molar-refractivity contribution in [3.05, 3.63) is 45.2 Å². The Morgan fingerprint density at radius 3 is 2.60 bits per heavy atom. The van der Waals surface area contributed by atoms with Crippen LogP contribution in [0.2, 0.25) is 15.1 Å². The summed E-state index contributed by atoms with van der Waals surface area (Å²) in [5.41, 5.74) is 1.70. The first-order valence-corrected chi connectivity index (χ1v) is 7.57. The minimum Gasteiger partial charge on any atom is -0.378 e. The van der Waals surface area contributed by atoms with E-state index in [1.807, 2.05) is 16.9 Å². The fourth-order valence-corrected chi connectivity index (χ4v) is 2.36. The molecule has 1 aromatic heterocycles. The highest BCUT2D eigenvalue weighted by Crippen LogP contribution is 2.32. The second-order valence-electron chi connectivity index (χ2n) is 4.64. The van der Waals surface area contributed by atoms with Crippen LogP contribution in [0.25, 0.3) is 0 Å². The monoisotopic (exact) mass is 331 g/mol. The molecule has 2 rings (SSSR count). The van der Waals surface area contributed by atoms with E-state index in [2.05, 4.69) is 24.3 Å². The van der Waals surface area contributed by atoms with E-state index in [1.54, 1.807) is 12.1 Å². The maximum atomic E-state index is 6.11. The molecule has 0 bridgehead atoms. The van der Waals surface area contributed by atoms with E-state index in [0.29, 0.717) is 27.7 Å². The van der Waals surface area contributed by atoms with Gasteiger partial charge in [-0.1, -0.05) is 41.7 Å². The molecule has 3 nitrogen and oxygen atoms in total. The van der Waals surface area contributed by atoms with E-state index in [0.717, 1.165) is 17.8 Å². The molecule has 108 valence electrons. The van der Waals surface area contributed by atoms with Crippen molar-refractivity contribution < 1.29 is 0 Å².